The molecule has 0 unspecified atom stereocenters. The van der Waals surface area contributed by atoms with Crippen molar-refractivity contribution in [2.24, 2.45) is 0 Å². The predicted molar refractivity (Wildman–Crippen MR) is 103 cm³/mol. The molecule has 0 fully saturated rings. The van der Waals surface area contributed by atoms with Crippen LogP contribution in [0.1, 0.15) is 17.0 Å². The van der Waals surface area contributed by atoms with Gasteiger partial charge >= 0.3 is 0 Å². The topological polar surface area (TPSA) is 72.7 Å². The maximum atomic E-state index is 12.0. The molecule has 0 radical (unpaired) electrons. The Morgan fingerprint density at radius 2 is 1.88 bits per heavy atom. The molecule has 0 aliphatic heterocycles. The summed E-state index contributed by atoms with van der Waals surface area (Å²) >= 11 is 1.35. The van der Waals surface area contributed by atoms with Crippen molar-refractivity contribution in [1.29, 1.82) is 0 Å². The Labute approximate surface area is 157 Å². The fourth-order valence-corrected chi connectivity index (χ4v) is 3.28. The highest BCUT2D eigenvalue weighted by Gasteiger charge is 2.07. The minimum atomic E-state index is -0.0202. The number of carbonyl (C=O) groups excluding carboxylic acids is 1. The average Bonchev–Trinajstić information content (AvgIpc) is 3.09. The highest BCUT2D eigenvalue weighted by Crippen LogP contribution is 2.13. The Morgan fingerprint density at radius 1 is 1.15 bits per heavy atom. The van der Waals surface area contributed by atoms with E-state index in [1.807, 2.05) is 67.3 Å². The molecule has 0 saturated heterocycles. The van der Waals surface area contributed by atoms with Crippen LogP contribution in [0, 0.1) is 13.8 Å². The third kappa shape index (κ3) is 5.16. The predicted octanol–water partition coefficient (Wildman–Crippen LogP) is 2.73. The molecule has 1 aromatic carbocycles. The summed E-state index contributed by atoms with van der Waals surface area (Å²) in [7, 11) is 0. The second-order valence-corrected chi connectivity index (χ2v) is 6.89. The van der Waals surface area contributed by atoms with Gasteiger partial charge < -0.3 is 5.32 Å². The standard InChI is InChI=1S/C19H21N5OS/c1-14-10-15(2)23-19(22-14)26-13-18(25)20-9-8-16-11-21-24(12-16)17-6-4-3-5-7-17/h3-7,10-12H,8-9,13H2,1-2H3,(H,20,25). The summed E-state index contributed by atoms with van der Waals surface area (Å²) < 4.78 is 1.84. The molecule has 6 nitrogen and oxygen atoms in total. The summed E-state index contributed by atoms with van der Waals surface area (Å²) in [4.78, 5) is 20.6. The third-order valence-electron chi connectivity index (χ3n) is 3.69. The lowest BCUT2D eigenvalue weighted by atomic mass is 10.2. The van der Waals surface area contributed by atoms with E-state index in [4.69, 9.17) is 0 Å². The van der Waals surface area contributed by atoms with Crippen LogP contribution in [-0.4, -0.2) is 38.0 Å². The van der Waals surface area contributed by atoms with Crippen molar-refractivity contribution in [1.82, 2.24) is 25.1 Å². The van der Waals surface area contributed by atoms with Crippen molar-refractivity contribution in [2.75, 3.05) is 12.3 Å². The van der Waals surface area contributed by atoms with Gasteiger partial charge in [-0.1, -0.05) is 30.0 Å². The first-order valence-corrected chi connectivity index (χ1v) is 9.39. The molecule has 3 rings (SSSR count). The van der Waals surface area contributed by atoms with Crippen LogP contribution in [0.3, 0.4) is 0 Å². The van der Waals surface area contributed by atoms with Crippen LogP contribution in [0.4, 0.5) is 0 Å². The number of thioether (sulfide) groups is 1. The molecule has 2 aromatic heterocycles. The number of hydrogen-bond donors (Lipinski definition) is 1. The number of benzene rings is 1. The highest BCUT2D eigenvalue weighted by atomic mass is 32.2. The Bertz CT molecular complexity index is 858. The van der Waals surface area contributed by atoms with Gasteiger partial charge in [0.1, 0.15) is 0 Å². The summed E-state index contributed by atoms with van der Waals surface area (Å²) in [6, 6.07) is 11.9. The number of nitrogens with zero attached hydrogens (tertiary/aromatic N) is 4. The number of para-hydroxylation sites is 1. The molecule has 0 atom stereocenters. The van der Waals surface area contributed by atoms with Crippen LogP contribution in [-0.2, 0) is 11.2 Å². The lowest BCUT2D eigenvalue weighted by Crippen LogP contribution is -2.27. The van der Waals surface area contributed by atoms with Gasteiger partial charge in [0, 0.05) is 24.1 Å². The molecule has 26 heavy (non-hydrogen) atoms. The highest BCUT2D eigenvalue weighted by molar-refractivity contribution is 7.99. The van der Waals surface area contributed by atoms with Crippen molar-refractivity contribution < 1.29 is 4.79 Å². The zero-order valence-electron chi connectivity index (χ0n) is 14.8. The number of aromatic nitrogens is 4. The van der Waals surface area contributed by atoms with Gasteiger partial charge in [-0.25, -0.2) is 14.6 Å². The molecule has 1 N–H and O–H groups in total. The fourth-order valence-electron chi connectivity index (χ4n) is 2.50. The van der Waals surface area contributed by atoms with Gasteiger partial charge in [-0.3, -0.25) is 4.79 Å². The van der Waals surface area contributed by atoms with Crippen LogP contribution in [0.15, 0.2) is 53.9 Å². The van der Waals surface area contributed by atoms with E-state index >= 15 is 0 Å². The van der Waals surface area contributed by atoms with Crippen molar-refractivity contribution >= 4 is 17.7 Å². The van der Waals surface area contributed by atoms with Crippen LogP contribution in [0.5, 0.6) is 0 Å². The Kier molecular flexibility index (Phi) is 6.01. The Balaban J connectivity index is 1.43. The summed E-state index contributed by atoms with van der Waals surface area (Å²) in [5.74, 6) is 0.292. The van der Waals surface area contributed by atoms with Crippen molar-refractivity contribution in [3.8, 4) is 5.69 Å². The molecule has 0 aliphatic carbocycles. The van der Waals surface area contributed by atoms with E-state index in [2.05, 4.69) is 20.4 Å². The molecule has 3 aromatic rings. The molecule has 134 valence electrons. The summed E-state index contributed by atoms with van der Waals surface area (Å²) in [5.41, 5.74) is 3.93. The maximum Gasteiger partial charge on any atom is 0.230 e. The fraction of sp³-hybridized carbons (Fsp3) is 0.263. The summed E-state index contributed by atoms with van der Waals surface area (Å²) in [5, 5.41) is 7.93. The number of hydrogen-bond acceptors (Lipinski definition) is 5. The van der Waals surface area contributed by atoms with Gasteiger partial charge in [-0.15, -0.1) is 0 Å². The number of rotatable bonds is 7. The van der Waals surface area contributed by atoms with Gasteiger partial charge in [0.25, 0.3) is 0 Å². The minimum Gasteiger partial charge on any atom is -0.355 e. The molecule has 7 heteroatoms. The quantitative estimate of drug-likeness (QED) is 0.513. The first-order valence-electron chi connectivity index (χ1n) is 8.41. The lowest BCUT2D eigenvalue weighted by Gasteiger charge is -2.05. The van der Waals surface area contributed by atoms with E-state index in [9.17, 15) is 4.79 Å². The van der Waals surface area contributed by atoms with E-state index in [-0.39, 0.29) is 5.91 Å². The van der Waals surface area contributed by atoms with Crippen molar-refractivity contribution in [3.05, 3.63) is 65.7 Å². The monoisotopic (exact) mass is 367 g/mol. The number of nitrogens with one attached hydrogen (secondary N) is 1. The van der Waals surface area contributed by atoms with Gasteiger partial charge in [0.15, 0.2) is 5.16 Å². The van der Waals surface area contributed by atoms with E-state index in [0.717, 1.165) is 29.1 Å². The first kappa shape index (κ1) is 18.1. The molecule has 0 spiro atoms. The van der Waals surface area contributed by atoms with Gasteiger partial charge in [-0.2, -0.15) is 5.10 Å². The lowest BCUT2D eigenvalue weighted by molar-refractivity contribution is -0.118. The molecule has 1 amide bonds. The van der Waals surface area contributed by atoms with Crippen LogP contribution in [0.2, 0.25) is 0 Å². The zero-order valence-corrected chi connectivity index (χ0v) is 15.7. The third-order valence-corrected chi connectivity index (χ3v) is 4.53. The normalized spacial score (nSPS) is 10.7. The van der Waals surface area contributed by atoms with E-state index in [1.165, 1.54) is 11.8 Å². The molecular formula is C19H21N5OS. The number of amides is 1. The Morgan fingerprint density at radius 3 is 2.62 bits per heavy atom. The van der Waals surface area contributed by atoms with Gasteiger partial charge in [0.05, 0.1) is 17.6 Å². The van der Waals surface area contributed by atoms with Gasteiger partial charge in [-0.05, 0) is 44.0 Å². The minimum absolute atomic E-state index is 0.0202. The van der Waals surface area contributed by atoms with E-state index < -0.39 is 0 Å². The Hall–Kier alpha value is -2.67. The van der Waals surface area contributed by atoms with E-state index in [0.29, 0.717) is 17.5 Å². The largest absolute Gasteiger partial charge is 0.355 e. The second-order valence-electron chi connectivity index (χ2n) is 5.95. The zero-order chi connectivity index (χ0) is 18.4. The van der Waals surface area contributed by atoms with Crippen LogP contribution >= 0.6 is 11.8 Å². The van der Waals surface area contributed by atoms with E-state index in [1.54, 1.807) is 0 Å². The summed E-state index contributed by atoms with van der Waals surface area (Å²) in [6.07, 6.45) is 4.56. The molecule has 0 aliphatic rings. The molecule has 0 bridgehead atoms. The van der Waals surface area contributed by atoms with Crippen LogP contribution in [0.25, 0.3) is 5.69 Å². The maximum absolute atomic E-state index is 12.0. The van der Waals surface area contributed by atoms with Crippen molar-refractivity contribution in [2.45, 2.75) is 25.4 Å². The van der Waals surface area contributed by atoms with Crippen molar-refractivity contribution in [3.63, 3.8) is 0 Å². The molecular weight excluding hydrogens is 346 g/mol. The SMILES string of the molecule is Cc1cc(C)nc(SCC(=O)NCCc2cnn(-c3ccccc3)c2)n1. The van der Waals surface area contributed by atoms with Crippen LogP contribution < -0.4 is 5.32 Å². The second kappa shape index (κ2) is 8.62. The van der Waals surface area contributed by atoms with Gasteiger partial charge in [0.2, 0.25) is 5.91 Å². The number of carbonyl (C=O) groups is 1. The molecule has 0 saturated carbocycles. The average molecular weight is 367 g/mol. The first-order chi connectivity index (χ1) is 12.6. The number of aryl methyl sites for hydroxylation is 2. The molecule has 2 heterocycles. The smallest absolute Gasteiger partial charge is 0.230 e. The summed E-state index contributed by atoms with van der Waals surface area (Å²) in [6.45, 7) is 4.43.